The van der Waals surface area contributed by atoms with Gasteiger partial charge in [0, 0.05) is 22.5 Å². The van der Waals surface area contributed by atoms with Crippen LogP contribution in [0.15, 0.2) is 158 Å². The van der Waals surface area contributed by atoms with Gasteiger partial charge >= 0.3 is 0 Å². The molecule has 0 spiro atoms. The standard InChI is InChI=1S/C49H43N/c1-49(2)46-25-10-9-22-44(46)45-31-30-41(33-47(45)49)50(39-28-26-35(27-29-39)34-14-5-3-6-15-34)40-21-11-20-38(32-40)43-24-13-19-37-18-12-23-42(48(37)43)36-16-7-4-8-17-36/h4,7-13,16-34H,3,5-6,14-15H2,1-2H3. The fourth-order valence-electron chi connectivity index (χ4n) is 8.86. The molecule has 7 aromatic carbocycles. The zero-order valence-corrected chi connectivity index (χ0v) is 29.1. The van der Waals surface area contributed by atoms with Crippen LogP contribution in [0.3, 0.4) is 0 Å². The third-order valence-electron chi connectivity index (χ3n) is 11.5. The molecule has 1 fully saturated rings. The SMILES string of the molecule is CC1(C)c2ccccc2-c2ccc(N(c3ccc(C4CCCCC4)cc3)c3cccc(-c4cccc5cccc(-c6ccccc6)c45)c3)cc21. The fourth-order valence-corrected chi connectivity index (χ4v) is 8.86. The molecule has 0 bridgehead atoms. The first-order valence-corrected chi connectivity index (χ1v) is 18.4. The number of benzene rings is 7. The average Bonchev–Trinajstić information content (AvgIpc) is 3.41. The molecule has 0 unspecified atom stereocenters. The van der Waals surface area contributed by atoms with E-state index in [1.807, 2.05) is 0 Å². The van der Waals surface area contributed by atoms with Gasteiger partial charge in [0.2, 0.25) is 0 Å². The molecule has 0 N–H and O–H groups in total. The quantitative estimate of drug-likeness (QED) is 0.174. The molecule has 0 atom stereocenters. The van der Waals surface area contributed by atoms with E-state index in [0.717, 1.165) is 5.69 Å². The van der Waals surface area contributed by atoms with Gasteiger partial charge < -0.3 is 4.90 Å². The predicted molar refractivity (Wildman–Crippen MR) is 213 cm³/mol. The molecule has 50 heavy (non-hydrogen) atoms. The van der Waals surface area contributed by atoms with Crippen LogP contribution in [-0.4, -0.2) is 0 Å². The second kappa shape index (κ2) is 12.5. The second-order valence-corrected chi connectivity index (χ2v) is 14.8. The molecule has 0 saturated heterocycles. The Balaban J connectivity index is 1.20. The molecule has 0 heterocycles. The summed E-state index contributed by atoms with van der Waals surface area (Å²) < 4.78 is 0. The number of hydrogen-bond donors (Lipinski definition) is 0. The molecule has 2 aliphatic carbocycles. The molecule has 0 aromatic heterocycles. The van der Waals surface area contributed by atoms with Crippen LogP contribution >= 0.6 is 0 Å². The summed E-state index contributed by atoms with van der Waals surface area (Å²) in [5.74, 6) is 0.680. The maximum absolute atomic E-state index is 2.47. The van der Waals surface area contributed by atoms with Gasteiger partial charge in [-0.3, -0.25) is 0 Å². The van der Waals surface area contributed by atoms with Gasteiger partial charge in [-0.2, -0.15) is 0 Å². The first kappa shape index (κ1) is 30.6. The van der Waals surface area contributed by atoms with Crippen LogP contribution in [0.2, 0.25) is 0 Å². The summed E-state index contributed by atoms with van der Waals surface area (Å²) in [5, 5.41) is 2.55. The van der Waals surface area contributed by atoms with Crippen molar-refractivity contribution in [1.82, 2.24) is 0 Å². The highest BCUT2D eigenvalue weighted by Crippen LogP contribution is 2.51. The van der Waals surface area contributed by atoms with Crippen molar-refractivity contribution in [2.75, 3.05) is 4.90 Å². The second-order valence-electron chi connectivity index (χ2n) is 14.8. The minimum Gasteiger partial charge on any atom is -0.310 e. The first-order valence-electron chi connectivity index (χ1n) is 18.4. The van der Waals surface area contributed by atoms with E-state index >= 15 is 0 Å². The maximum Gasteiger partial charge on any atom is 0.0467 e. The molecule has 0 radical (unpaired) electrons. The van der Waals surface area contributed by atoms with Crippen molar-refractivity contribution in [1.29, 1.82) is 0 Å². The average molecular weight is 646 g/mol. The molecule has 1 saturated carbocycles. The number of anilines is 3. The van der Waals surface area contributed by atoms with Gasteiger partial charge in [-0.1, -0.05) is 154 Å². The van der Waals surface area contributed by atoms with Crippen LogP contribution in [0.4, 0.5) is 17.1 Å². The van der Waals surface area contributed by atoms with Crippen molar-refractivity contribution in [2.24, 2.45) is 0 Å². The highest BCUT2D eigenvalue weighted by Gasteiger charge is 2.35. The van der Waals surface area contributed by atoms with E-state index in [4.69, 9.17) is 0 Å². The molecule has 244 valence electrons. The third kappa shape index (κ3) is 5.24. The van der Waals surface area contributed by atoms with Crippen molar-refractivity contribution in [3.63, 3.8) is 0 Å². The zero-order chi connectivity index (χ0) is 33.7. The van der Waals surface area contributed by atoms with E-state index in [2.05, 4.69) is 176 Å². The van der Waals surface area contributed by atoms with Crippen LogP contribution in [-0.2, 0) is 5.41 Å². The molecule has 1 heteroatoms. The van der Waals surface area contributed by atoms with Gasteiger partial charge in [-0.25, -0.2) is 0 Å². The summed E-state index contributed by atoms with van der Waals surface area (Å²) in [6, 6.07) is 58.9. The van der Waals surface area contributed by atoms with Gasteiger partial charge in [0.1, 0.15) is 0 Å². The highest BCUT2D eigenvalue weighted by atomic mass is 15.1. The van der Waals surface area contributed by atoms with Gasteiger partial charge in [0.05, 0.1) is 0 Å². The number of rotatable bonds is 6. The Labute approximate surface area is 296 Å². The van der Waals surface area contributed by atoms with Gasteiger partial charge in [0.15, 0.2) is 0 Å². The smallest absolute Gasteiger partial charge is 0.0467 e. The topological polar surface area (TPSA) is 3.24 Å². The lowest BCUT2D eigenvalue weighted by molar-refractivity contribution is 0.443. The maximum atomic E-state index is 2.47. The lowest BCUT2D eigenvalue weighted by atomic mass is 9.82. The molecule has 7 aromatic rings. The van der Waals surface area contributed by atoms with Crippen molar-refractivity contribution in [3.05, 3.63) is 174 Å². The van der Waals surface area contributed by atoms with E-state index in [-0.39, 0.29) is 5.41 Å². The number of nitrogens with zero attached hydrogens (tertiary/aromatic N) is 1. The highest BCUT2D eigenvalue weighted by molar-refractivity contribution is 6.06. The van der Waals surface area contributed by atoms with Crippen LogP contribution in [0.1, 0.15) is 68.6 Å². The van der Waals surface area contributed by atoms with E-state index in [0.29, 0.717) is 5.92 Å². The minimum absolute atomic E-state index is 0.0723. The largest absolute Gasteiger partial charge is 0.310 e. The molecule has 0 aliphatic heterocycles. The van der Waals surface area contributed by atoms with E-state index in [1.165, 1.54) is 104 Å². The summed E-state index contributed by atoms with van der Waals surface area (Å²) >= 11 is 0. The lowest BCUT2D eigenvalue weighted by Crippen LogP contribution is -2.16. The van der Waals surface area contributed by atoms with E-state index in [9.17, 15) is 0 Å². The Hall–Kier alpha value is -5.40. The van der Waals surface area contributed by atoms with Crippen LogP contribution in [0.5, 0.6) is 0 Å². The van der Waals surface area contributed by atoms with E-state index < -0.39 is 0 Å². The monoisotopic (exact) mass is 645 g/mol. The normalized spacial score (nSPS) is 15.1. The van der Waals surface area contributed by atoms with Crippen molar-refractivity contribution >= 4 is 27.8 Å². The van der Waals surface area contributed by atoms with E-state index in [1.54, 1.807) is 0 Å². The van der Waals surface area contributed by atoms with Gasteiger partial charge in [0.25, 0.3) is 0 Å². The zero-order valence-electron chi connectivity index (χ0n) is 29.1. The first-order chi connectivity index (χ1) is 24.6. The summed E-state index contributed by atoms with van der Waals surface area (Å²) in [5.41, 5.74) is 15.4. The number of fused-ring (bicyclic) bond motifs is 4. The summed E-state index contributed by atoms with van der Waals surface area (Å²) in [6.07, 6.45) is 6.68. The fraction of sp³-hybridized carbons (Fsp3) is 0.184. The molecule has 2 aliphatic rings. The van der Waals surface area contributed by atoms with Gasteiger partial charge in [-0.15, -0.1) is 0 Å². The lowest BCUT2D eigenvalue weighted by Gasteiger charge is -2.29. The summed E-state index contributed by atoms with van der Waals surface area (Å²) in [4.78, 5) is 2.47. The van der Waals surface area contributed by atoms with Gasteiger partial charge in [-0.05, 0) is 116 Å². The molecule has 0 amide bonds. The number of hydrogen-bond acceptors (Lipinski definition) is 1. The molecular weight excluding hydrogens is 603 g/mol. The predicted octanol–water partition coefficient (Wildman–Crippen LogP) is 14.0. The third-order valence-corrected chi connectivity index (χ3v) is 11.5. The molecular formula is C49H43N. The Morgan fingerprint density at radius 3 is 1.84 bits per heavy atom. The minimum atomic E-state index is -0.0723. The molecule has 1 nitrogen and oxygen atoms in total. The van der Waals surface area contributed by atoms with Crippen molar-refractivity contribution in [3.8, 4) is 33.4 Å². The Morgan fingerprint density at radius 2 is 1.06 bits per heavy atom. The Kier molecular flexibility index (Phi) is 7.65. The van der Waals surface area contributed by atoms with Crippen LogP contribution in [0.25, 0.3) is 44.2 Å². The Morgan fingerprint density at radius 1 is 0.460 bits per heavy atom. The van der Waals surface area contributed by atoms with Crippen molar-refractivity contribution < 1.29 is 0 Å². The Bertz CT molecular complexity index is 2320. The summed E-state index contributed by atoms with van der Waals surface area (Å²) in [6.45, 7) is 4.74. The van der Waals surface area contributed by atoms with Crippen LogP contribution in [0, 0.1) is 0 Å². The molecule has 9 rings (SSSR count). The van der Waals surface area contributed by atoms with Crippen molar-refractivity contribution in [2.45, 2.75) is 57.3 Å². The van der Waals surface area contributed by atoms with Crippen LogP contribution < -0.4 is 4.90 Å². The summed E-state index contributed by atoms with van der Waals surface area (Å²) in [7, 11) is 0.